The van der Waals surface area contributed by atoms with Crippen LogP contribution in [0.3, 0.4) is 0 Å². The summed E-state index contributed by atoms with van der Waals surface area (Å²) in [4.78, 5) is 0. The van der Waals surface area contributed by atoms with Crippen molar-refractivity contribution in [3.05, 3.63) is 45.8 Å². The first-order valence-corrected chi connectivity index (χ1v) is 4.76. The zero-order valence-corrected chi connectivity index (χ0v) is 8.80. The molecule has 0 radical (unpaired) electrons. The molecule has 1 heterocycles. The highest BCUT2D eigenvalue weighted by Gasteiger charge is 2.10. The van der Waals surface area contributed by atoms with Crippen LogP contribution in [0, 0.1) is 19.1 Å². The average Bonchev–Trinajstić information content (AvgIpc) is 2.10. The van der Waals surface area contributed by atoms with Crippen LogP contribution >= 0.6 is 11.6 Å². The average molecular weight is 208 g/mol. The molecule has 0 saturated carbocycles. The van der Waals surface area contributed by atoms with Gasteiger partial charge in [-0.25, -0.2) is 0 Å². The predicted octanol–water partition coefficient (Wildman–Crippen LogP) is 2.74. The SMILES string of the molecule is Cc1cc2ccc(Cl)c(C)c2[n+]([O-])c1. The van der Waals surface area contributed by atoms with E-state index in [-0.39, 0.29) is 0 Å². The maximum atomic E-state index is 11.6. The summed E-state index contributed by atoms with van der Waals surface area (Å²) in [6, 6.07) is 5.66. The number of hydrogen-bond donors (Lipinski definition) is 0. The molecule has 0 fully saturated rings. The van der Waals surface area contributed by atoms with Crippen LogP contribution in [0.25, 0.3) is 10.9 Å². The Morgan fingerprint density at radius 3 is 2.71 bits per heavy atom. The molecule has 0 saturated heterocycles. The van der Waals surface area contributed by atoms with Crippen molar-refractivity contribution in [2.45, 2.75) is 13.8 Å². The van der Waals surface area contributed by atoms with Crippen LogP contribution in [0.1, 0.15) is 11.1 Å². The second kappa shape index (κ2) is 3.14. The Labute approximate surface area is 87.3 Å². The molecule has 2 rings (SSSR count). The number of aromatic nitrogens is 1. The van der Waals surface area contributed by atoms with E-state index < -0.39 is 0 Å². The van der Waals surface area contributed by atoms with E-state index in [1.54, 1.807) is 6.20 Å². The first-order valence-electron chi connectivity index (χ1n) is 4.38. The van der Waals surface area contributed by atoms with Gasteiger partial charge in [-0.1, -0.05) is 11.6 Å². The summed E-state index contributed by atoms with van der Waals surface area (Å²) in [7, 11) is 0. The second-order valence-electron chi connectivity index (χ2n) is 3.45. The molecule has 1 aromatic carbocycles. The van der Waals surface area contributed by atoms with Gasteiger partial charge in [0.25, 0.3) is 0 Å². The fourth-order valence-electron chi connectivity index (χ4n) is 1.64. The van der Waals surface area contributed by atoms with Gasteiger partial charge in [0.2, 0.25) is 5.52 Å². The minimum atomic E-state index is 0.631. The second-order valence-corrected chi connectivity index (χ2v) is 3.86. The van der Waals surface area contributed by atoms with E-state index in [1.807, 2.05) is 32.0 Å². The number of pyridine rings is 1. The zero-order chi connectivity index (χ0) is 10.3. The molecule has 0 spiro atoms. The van der Waals surface area contributed by atoms with Crippen LogP contribution in [0.2, 0.25) is 5.02 Å². The van der Waals surface area contributed by atoms with E-state index >= 15 is 0 Å². The van der Waals surface area contributed by atoms with Crippen LogP contribution in [0.15, 0.2) is 24.4 Å². The van der Waals surface area contributed by atoms with Gasteiger partial charge in [-0.15, -0.1) is 0 Å². The normalized spacial score (nSPS) is 10.8. The topological polar surface area (TPSA) is 26.9 Å². The third-order valence-corrected chi connectivity index (χ3v) is 2.73. The van der Waals surface area contributed by atoms with Gasteiger partial charge in [-0.05, 0) is 32.0 Å². The molecule has 72 valence electrons. The highest BCUT2D eigenvalue weighted by atomic mass is 35.5. The van der Waals surface area contributed by atoms with Gasteiger partial charge >= 0.3 is 0 Å². The number of halogens is 1. The number of fused-ring (bicyclic) bond motifs is 1. The van der Waals surface area contributed by atoms with Gasteiger partial charge in [0, 0.05) is 16.5 Å². The summed E-state index contributed by atoms with van der Waals surface area (Å²) >= 11 is 5.95. The van der Waals surface area contributed by atoms with Crippen LogP contribution in [-0.2, 0) is 0 Å². The van der Waals surface area contributed by atoms with Crippen LogP contribution in [0.5, 0.6) is 0 Å². The lowest BCUT2D eigenvalue weighted by atomic mass is 10.1. The fraction of sp³-hybridized carbons (Fsp3) is 0.182. The minimum absolute atomic E-state index is 0.631. The van der Waals surface area contributed by atoms with E-state index in [2.05, 4.69) is 0 Å². The number of aryl methyl sites for hydroxylation is 2. The molecular weight excluding hydrogens is 198 g/mol. The van der Waals surface area contributed by atoms with Gasteiger partial charge in [0.1, 0.15) is 0 Å². The van der Waals surface area contributed by atoms with Crippen molar-refractivity contribution in [3.63, 3.8) is 0 Å². The van der Waals surface area contributed by atoms with Crippen LogP contribution < -0.4 is 4.73 Å². The van der Waals surface area contributed by atoms with Crippen molar-refractivity contribution in [1.82, 2.24) is 0 Å². The van der Waals surface area contributed by atoms with E-state index in [4.69, 9.17) is 11.6 Å². The number of rotatable bonds is 0. The maximum absolute atomic E-state index is 11.6. The van der Waals surface area contributed by atoms with Crippen molar-refractivity contribution < 1.29 is 4.73 Å². The summed E-state index contributed by atoms with van der Waals surface area (Å²) in [6.07, 6.45) is 1.56. The first kappa shape index (κ1) is 9.28. The van der Waals surface area contributed by atoms with Crippen molar-refractivity contribution in [2.24, 2.45) is 0 Å². The Morgan fingerprint density at radius 2 is 2.00 bits per heavy atom. The van der Waals surface area contributed by atoms with Gasteiger partial charge < -0.3 is 5.21 Å². The molecule has 0 aliphatic carbocycles. The molecule has 0 atom stereocenters. The Morgan fingerprint density at radius 1 is 1.29 bits per heavy atom. The molecule has 0 N–H and O–H groups in total. The number of hydrogen-bond acceptors (Lipinski definition) is 1. The highest BCUT2D eigenvalue weighted by Crippen LogP contribution is 2.22. The molecule has 0 aliphatic rings. The lowest BCUT2D eigenvalue weighted by Gasteiger charge is -2.06. The summed E-state index contributed by atoms with van der Waals surface area (Å²) in [5.41, 5.74) is 2.44. The highest BCUT2D eigenvalue weighted by molar-refractivity contribution is 6.32. The predicted molar refractivity (Wildman–Crippen MR) is 57.4 cm³/mol. The van der Waals surface area contributed by atoms with Crippen molar-refractivity contribution in [3.8, 4) is 0 Å². The molecule has 3 heteroatoms. The molecule has 0 unspecified atom stereocenters. The summed E-state index contributed by atoms with van der Waals surface area (Å²) in [5, 5.41) is 13.2. The minimum Gasteiger partial charge on any atom is -0.618 e. The Kier molecular flexibility index (Phi) is 2.08. The molecule has 0 aliphatic heterocycles. The van der Waals surface area contributed by atoms with E-state index in [0.29, 0.717) is 10.5 Å². The van der Waals surface area contributed by atoms with E-state index in [9.17, 15) is 5.21 Å². The zero-order valence-electron chi connectivity index (χ0n) is 8.04. The standard InChI is InChI=1S/C11H10ClNO/c1-7-5-9-3-4-10(12)8(2)11(9)13(14)6-7/h3-6H,1-2H3. The number of nitrogens with zero attached hydrogens (tertiary/aromatic N) is 1. The third-order valence-electron chi connectivity index (χ3n) is 2.32. The van der Waals surface area contributed by atoms with E-state index in [0.717, 1.165) is 21.2 Å². The quantitative estimate of drug-likeness (QED) is 0.482. The molecule has 2 nitrogen and oxygen atoms in total. The first-order chi connectivity index (χ1) is 6.59. The van der Waals surface area contributed by atoms with Gasteiger partial charge in [0.15, 0.2) is 6.20 Å². The summed E-state index contributed by atoms with van der Waals surface area (Å²) < 4.78 is 0.881. The van der Waals surface area contributed by atoms with Crippen LogP contribution in [0.4, 0.5) is 0 Å². The Bertz CT molecular complexity index is 508. The third kappa shape index (κ3) is 1.32. The van der Waals surface area contributed by atoms with Gasteiger partial charge in [-0.2, -0.15) is 4.73 Å². The van der Waals surface area contributed by atoms with Gasteiger partial charge in [0.05, 0.1) is 5.02 Å². The van der Waals surface area contributed by atoms with Crippen molar-refractivity contribution in [2.75, 3.05) is 0 Å². The monoisotopic (exact) mass is 207 g/mol. The lowest BCUT2D eigenvalue weighted by Crippen LogP contribution is -2.27. The van der Waals surface area contributed by atoms with Crippen LogP contribution in [-0.4, -0.2) is 0 Å². The van der Waals surface area contributed by atoms with Crippen molar-refractivity contribution >= 4 is 22.5 Å². The Balaban J connectivity index is 2.95. The molecule has 2 aromatic rings. The van der Waals surface area contributed by atoms with Crippen molar-refractivity contribution in [1.29, 1.82) is 0 Å². The van der Waals surface area contributed by atoms with E-state index in [1.165, 1.54) is 0 Å². The largest absolute Gasteiger partial charge is 0.618 e. The molecular formula is C11H10ClNO. The molecule has 0 amide bonds. The smallest absolute Gasteiger partial charge is 0.228 e. The maximum Gasteiger partial charge on any atom is 0.228 e. The fourth-order valence-corrected chi connectivity index (χ4v) is 1.79. The number of benzene rings is 1. The van der Waals surface area contributed by atoms with Gasteiger partial charge in [-0.3, -0.25) is 0 Å². The summed E-state index contributed by atoms with van der Waals surface area (Å²) in [6.45, 7) is 3.76. The Hall–Kier alpha value is -1.28. The lowest BCUT2D eigenvalue weighted by molar-refractivity contribution is -0.577. The molecule has 1 aromatic heterocycles. The summed E-state index contributed by atoms with van der Waals surface area (Å²) in [5.74, 6) is 0. The molecule has 0 bridgehead atoms. The molecule has 14 heavy (non-hydrogen) atoms.